The molecular formula is C28H46O3. The van der Waals surface area contributed by atoms with Crippen LogP contribution in [0, 0.1) is 16.7 Å². The number of carbonyl (C=O) groups is 1. The van der Waals surface area contributed by atoms with Gasteiger partial charge >= 0.3 is 5.97 Å². The third kappa shape index (κ3) is 7.63. The van der Waals surface area contributed by atoms with E-state index in [9.17, 15) is 4.79 Å². The van der Waals surface area contributed by atoms with Crippen LogP contribution in [-0.2, 0) is 14.3 Å². The van der Waals surface area contributed by atoms with Crippen molar-refractivity contribution in [3.63, 3.8) is 0 Å². The maximum atomic E-state index is 13.1. The number of rotatable bonds is 8. The van der Waals surface area contributed by atoms with Gasteiger partial charge in [0.05, 0.1) is 17.6 Å². The molecule has 3 heteroatoms. The highest BCUT2D eigenvalue weighted by Crippen LogP contribution is 2.47. The van der Waals surface area contributed by atoms with E-state index >= 15 is 0 Å². The number of cyclic esters (lactones) is 1. The fraction of sp³-hybridized carbons (Fsp3) is 0.750. The Morgan fingerprint density at radius 3 is 2.58 bits per heavy atom. The predicted molar refractivity (Wildman–Crippen MR) is 130 cm³/mol. The second-order valence-electron chi connectivity index (χ2n) is 10.6. The molecular weight excluding hydrogens is 384 g/mol. The number of esters is 1. The second-order valence-corrected chi connectivity index (χ2v) is 10.6. The lowest BCUT2D eigenvalue weighted by atomic mass is 9.60. The third-order valence-corrected chi connectivity index (χ3v) is 7.88. The van der Waals surface area contributed by atoms with Crippen LogP contribution in [-0.4, -0.2) is 24.3 Å². The van der Waals surface area contributed by atoms with Crippen molar-refractivity contribution in [3.05, 3.63) is 36.5 Å². The van der Waals surface area contributed by atoms with Gasteiger partial charge in [-0.05, 0) is 69.8 Å². The standard InChI is InChI=1S/C28H46O3/c1-7-8-20-24-25(31-24)21-16-12-11-15-19-23-18-14-10-9-13-17-22(2)27(3,4)28(5,6)26(29)30-23/h10-12,14-15,19,22-25H,7-9,13,16-18,20-21H2,1-6H3. The first kappa shape index (κ1) is 25.9. The van der Waals surface area contributed by atoms with Crippen molar-refractivity contribution in [1.29, 1.82) is 0 Å². The first-order chi connectivity index (χ1) is 14.7. The van der Waals surface area contributed by atoms with Gasteiger partial charge in [-0.25, -0.2) is 0 Å². The van der Waals surface area contributed by atoms with Gasteiger partial charge in [0.25, 0.3) is 0 Å². The normalized spacial score (nSPS) is 31.4. The predicted octanol–water partition coefficient (Wildman–Crippen LogP) is 7.57. The van der Waals surface area contributed by atoms with Gasteiger partial charge in [-0.2, -0.15) is 0 Å². The van der Waals surface area contributed by atoms with Crippen molar-refractivity contribution in [1.82, 2.24) is 0 Å². The minimum atomic E-state index is -0.532. The Morgan fingerprint density at radius 1 is 1.10 bits per heavy atom. The summed E-state index contributed by atoms with van der Waals surface area (Å²) >= 11 is 0. The summed E-state index contributed by atoms with van der Waals surface area (Å²) in [5.41, 5.74) is -0.656. The van der Waals surface area contributed by atoms with Crippen LogP contribution in [0.1, 0.15) is 99.3 Å². The number of hydrogen-bond acceptors (Lipinski definition) is 3. The van der Waals surface area contributed by atoms with E-state index in [0.717, 1.165) is 32.1 Å². The van der Waals surface area contributed by atoms with Gasteiger partial charge < -0.3 is 9.47 Å². The summed E-state index contributed by atoms with van der Waals surface area (Å²) in [6.45, 7) is 13.0. The molecule has 1 saturated heterocycles. The van der Waals surface area contributed by atoms with Gasteiger partial charge in [0.1, 0.15) is 6.10 Å². The lowest BCUT2D eigenvalue weighted by Gasteiger charge is -2.44. The summed E-state index contributed by atoms with van der Waals surface area (Å²) in [5.74, 6) is 0.359. The van der Waals surface area contributed by atoms with Crippen molar-refractivity contribution in [2.75, 3.05) is 0 Å². The minimum absolute atomic E-state index is 0.0963. The van der Waals surface area contributed by atoms with Gasteiger partial charge in [-0.1, -0.05) is 70.9 Å². The van der Waals surface area contributed by atoms with Crippen molar-refractivity contribution in [3.8, 4) is 0 Å². The quantitative estimate of drug-likeness (QED) is 0.172. The number of epoxide rings is 1. The molecule has 1 fully saturated rings. The third-order valence-electron chi connectivity index (χ3n) is 7.88. The van der Waals surface area contributed by atoms with Crippen LogP contribution in [0.4, 0.5) is 0 Å². The highest BCUT2D eigenvalue weighted by molar-refractivity contribution is 5.77. The maximum Gasteiger partial charge on any atom is 0.312 e. The molecule has 0 saturated carbocycles. The number of carbonyl (C=O) groups excluding carboxylic acids is 1. The van der Waals surface area contributed by atoms with Gasteiger partial charge in [0.15, 0.2) is 0 Å². The fourth-order valence-electron chi connectivity index (χ4n) is 4.30. The topological polar surface area (TPSA) is 38.8 Å². The molecule has 0 amide bonds. The summed E-state index contributed by atoms with van der Waals surface area (Å²) in [4.78, 5) is 13.1. The Morgan fingerprint density at radius 2 is 1.84 bits per heavy atom. The zero-order chi connectivity index (χ0) is 22.9. The molecule has 0 aliphatic carbocycles. The number of hydrogen-bond donors (Lipinski definition) is 0. The molecule has 0 aromatic carbocycles. The Balaban J connectivity index is 1.90. The molecule has 4 atom stereocenters. The zero-order valence-electron chi connectivity index (χ0n) is 20.9. The highest BCUT2D eigenvalue weighted by atomic mass is 16.6. The Kier molecular flexibility index (Phi) is 10.1. The van der Waals surface area contributed by atoms with Crippen LogP contribution in [0.15, 0.2) is 36.5 Å². The van der Waals surface area contributed by atoms with Crippen LogP contribution < -0.4 is 0 Å². The van der Waals surface area contributed by atoms with Crippen LogP contribution in [0.3, 0.4) is 0 Å². The van der Waals surface area contributed by atoms with E-state index in [4.69, 9.17) is 9.47 Å². The van der Waals surface area contributed by atoms with Crippen molar-refractivity contribution in [2.24, 2.45) is 16.7 Å². The summed E-state index contributed by atoms with van der Waals surface area (Å²) in [7, 11) is 0. The van der Waals surface area contributed by atoms with E-state index in [-0.39, 0.29) is 17.5 Å². The Bertz CT molecular complexity index is 641. The first-order valence-electron chi connectivity index (χ1n) is 12.5. The van der Waals surface area contributed by atoms with E-state index in [1.165, 1.54) is 25.7 Å². The maximum absolute atomic E-state index is 13.1. The lowest BCUT2D eigenvalue weighted by molar-refractivity contribution is -0.167. The molecule has 176 valence electrons. The largest absolute Gasteiger partial charge is 0.457 e. The van der Waals surface area contributed by atoms with Crippen molar-refractivity contribution >= 4 is 5.97 Å². The van der Waals surface area contributed by atoms with Gasteiger partial charge in [-0.15, -0.1) is 0 Å². The Labute approximate surface area is 191 Å². The van der Waals surface area contributed by atoms with Crippen molar-refractivity contribution < 1.29 is 14.3 Å². The van der Waals surface area contributed by atoms with E-state index in [0.29, 0.717) is 18.1 Å². The molecule has 0 aromatic rings. The van der Waals surface area contributed by atoms with Gasteiger partial charge in [-0.3, -0.25) is 4.79 Å². The Hall–Kier alpha value is -1.35. The summed E-state index contributed by atoms with van der Waals surface area (Å²) in [6, 6.07) is 0. The molecule has 0 spiro atoms. The molecule has 0 N–H and O–H groups in total. The average Bonchev–Trinajstić information content (AvgIpc) is 3.48. The van der Waals surface area contributed by atoms with Crippen LogP contribution in [0.25, 0.3) is 0 Å². The molecule has 3 nitrogen and oxygen atoms in total. The van der Waals surface area contributed by atoms with Gasteiger partial charge in [0, 0.05) is 6.42 Å². The molecule has 4 unspecified atom stereocenters. The van der Waals surface area contributed by atoms with Gasteiger partial charge in [0.2, 0.25) is 0 Å². The average molecular weight is 431 g/mol. The van der Waals surface area contributed by atoms with Crippen LogP contribution in [0.5, 0.6) is 0 Å². The van der Waals surface area contributed by atoms with Crippen LogP contribution in [0.2, 0.25) is 0 Å². The molecule has 0 aromatic heterocycles. The SMILES string of the molecule is CCCCC1OC1CCC=CC=CC1CC=CCCCC(C)C(C)(C)C(C)(C)C(=O)O1. The number of allylic oxidation sites excluding steroid dienone is 4. The fourth-order valence-corrected chi connectivity index (χ4v) is 4.30. The number of ether oxygens (including phenoxy) is 2. The van der Waals surface area contributed by atoms with Crippen molar-refractivity contribution in [2.45, 2.75) is 118 Å². The monoisotopic (exact) mass is 430 g/mol. The van der Waals surface area contributed by atoms with Crippen LogP contribution >= 0.6 is 0 Å². The van der Waals surface area contributed by atoms with E-state index in [1.54, 1.807) is 0 Å². The molecule has 31 heavy (non-hydrogen) atoms. The second kappa shape index (κ2) is 12.0. The van der Waals surface area contributed by atoms with E-state index in [1.807, 2.05) is 26.0 Å². The molecule has 2 heterocycles. The molecule has 0 bridgehead atoms. The summed E-state index contributed by atoms with van der Waals surface area (Å²) < 4.78 is 11.7. The van der Waals surface area contributed by atoms with E-state index in [2.05, 4.69) is 52.0 Å². The first-order valence-corrected chi connectivity index (χ1v) is 12.5. The molecule has 0 radical (unpaired) electrons. The number of unbranched alkanes of at least 4 members (excludes halogenated alkanes) is 1. The zero-order valence-corrected chi connectivity index (χ0v) is 20.9. The molecule has 2 rings (SSSR count). The summed E-state index contributed by atoms with van der Waals surface area (Å²) in [5, 5.41) is 0. The lowest BCUT2D eigenvalue weighted by Crippen LogP contribution is -2.45. The molecule has 2 aliphatic heterocycles. The highest BCUT2D eigenvalue weighted by Gasteiger charge is 2.47. The van der Waals surface area contributed by atoms with E-state index < -0.39 is 5.41 Å². The minimum Gasteiger partial charge on any atom is -0.457 e. The molecule has 2 aliphatic rings. The smallest absolute Gasteiger partial charge is 0.312 e. The summed E-state index contributed by atoms with van der Waals surface area (Å²) in [6.07, 6.45) is 23.4.